The van der Waals surface area contributed by atoms with Crippen molar-refractivity contribution in [2.45, 2.75) is 4.43 Å². The molecular weight excluding hydrogens is 419 g/mol. The summed E-state index contributed by atoms with van der Waals surface area (Å²) in [6.07, 6.45) is 1.70. The number of halogens is 2. The summed E-state index contributed by atoms with van der Waals surface area (Å²) in [6.45, 7) is 0. The summed E-state index contributed by atoms with van der Waals surface area (Å²) >= 11 is 5.79. The Morgan fingerprint density at radius 2 is 2.11 bits per heavy atom. The molecule has 2 aromatic heterocycles. The fraction of sp³-hybridized carbons (Fsp3) is 0.0769. The molecule has 0 unspecified atom stereocenters. The highest BCUT2D eigenvalue weighted by Crippen LogP contribution is 2.27. The van der Waals surface area contributed by atoms with E-state index < -0.39 is 0 Å². The van der Waals surface area contributed by atoms with Crippen LogP contribution in [0.5, 0.6) is 0 Å². The zero-order valence-electron chi connectivity index (χ0n) is 9.85. The van der Waals surface area contributed by atoms with E-state index in [1.165, 1.54) is 5.56 Å². The molecule has 0 amide bonds. The molecule has 0 aliphatic rings. The maximum atomic E-state index is 6.04. The SMILES string of the molecule is Nc1cc(-c2ccccc2CI)nc2c(Br)cnn12. The van der Waals surface area contributed by atoms with Crippen molar-refractivity contribution < 1.29 is 0 Å². The second-order valence-electron chi connectivity index (χ2n) is 4.08. The first-order valence-corrected chi connectivity index (χ1v) is 7.96. The van der Waals surface area contributed by atoms with E-state index in [1.807, 2.05) is 18.2 Å². The molecule has 2 N–H and O–H groups in total. The van der Waals surface area contributed by atoms with Gasteiger partial charge in [-0.3, -0.25) is 0 Å². The summed E-state index contributed by atoms with van der Waals surface area (Å²) in [5, 5.41) is 4.18. The van der Waals surface area contributed by atoms with Crippen LogP contribution in [0.3, 0.4) is 0 Å². The lowest BCUT2D eigenvalue weighted by atomic mass is 10.1. The summed E-state index contributed by atoms with van der Waals surface area (Å²) in [4.78, 5) is 4.64. The number of nitrogen functional groups attached to an aromatic ring is 1. The molecule has 1 aromatic carbocycles. The highest BCUT2D eigenvalue weighted by molar-refractivity contribution is 14.1. The third-order valence-electron chi connectivity index (χ3n) is 2.89. The lowest BCUT2D eigenvalue weighted by Crippen LogP contribution is -2.01. The quantitative estimate of drug-likeness (QED) is 0.500. The van der Waals surface area contributed by atoms with Crippen LogP contribution in [0.25, 0.3) is 16.9 Å². The topological polar surface area (TPSA) is 56.2 Å². The molecule has 2 heterocycles. The van der Waals surface area contributed by atoms with Crippen molar-refractivity contribution in [2.24, 2.45) is 0 Å². The number of hydrogen-bond acceptors (Lipinski definition) is 3. The Labute approximate surface area is 132 Å². The van der Waals surface area contributed by atoms with Crippen LogP contribution in [0.4, 0.5) is 5.82 Å². The van der Waals surface area contributed by atoms with Crippen LogP contribution in [0.1, 0.15) is 5.56 Å². The van der Waals surface area contributed by atoms with Gasteiger partial charge in [0.25, 0.3) is 0 Å². The van der Waals surface area contributed by atoms with Gasteiger partial charge < -0.3 is 5.73 Å². The highest BCUT2D eigenvalue weighted by Gasteiger charge is 2.11. The molecule has 0 aliphatic heterocycles. The molecule has 0 fully saturated rings. The van der Waals surface area contributed by atoms with Gasteiger partial charge in [0.15, 0.2) is 5.65 Å². The van der Waals surface area contributed by atoms with E-state index in [-0.39, 0.29) is 0 Å². The molecule has 96 valence electrons. The van der Waals surface area contributed by atoms with Crippen LogP contribution in [-0.4, -0.2) is 14.6 Å². The van der Waals surface area contributed by atoms with E-state index in [9.17, 15) is 0 Å². The first-order valence-electron chi connectivity index (χ1n) is 5.64. The summed E-state index contributed by atoms with van der Waals surface area (Å²) in [6, 6.07) is 10.1. The van der Waals surface area contributed by atoms with E-state index >= 15 is 0 Å². The number of fused-ring (bicyclic) bond motifs is 1. The largest absolute Gasteiger partial charge is 0.384 e. The highest BCUT2D eigenvalue weighted by atomic mass is 127. The first-order chi connectivity index (χ1) is 9.20. The van der Waals surface area contributed by atoms with Gasteiger partial charge in [-0.2, -0.15) is 9.61 Å². The minimum Gasteiger partial charge on any atom is -0.384 e. The van der Waals surface area contributed by atoms with E-state index in [2.05, 4.69) is 60.7 Å². The summed E-state index contributed by atoms with van der Waals surface area (Å²) in [5.41, 5.74) is 10.0. The van der Waals surface area contributed by atoms with Gasteiger partial charge in [-0.05, 0) is 21.5 Å². The molecular formula is C13H10BrIN4. The number of aromatic nitrogens is 3. The Morgan fingerprint density at radius 3 is 2.89 bits per heavy atom. The van der Waals surface area contributed by atoms with Crippen molar-refractivity contribution in [3.8, 4) is 11.3 Å². The molecule has 4 nitrogen and oxygen atoms in total. The predicted molar refractivity (Wildman–Crippen MR) is 88.3 cm³/mol. The standard InChI is InChI=1S/C13H10BrIN4/c14-10-7-17-19-12(16)5-11(18-13(10)19)9-4-2-1-3-8(9)6-15/h1-5,7H,6,16H2. The molecule has 3 rings (SSSR count). The predicted octanol–water partition coefficient (Wildman–Crippen LogP) is 3.68. The smallest absolute Gasteiger partial charge is 0.172 e. The van der Waals surface area contributed by atoms with Crippen LogP contribution in [-0.2, 0) is 4.43 Å². The van der Waals surface area contributed by atoms with Crippen molar-refractivity contribution in [2.75, 3.05) is 5.73 Å². The molecule has 3 aromatic rings. The molecule has 0 aliphatic carbocycles. The monoisotopic (exact) mass is 428 g/mol. The van der Waals surface area contributed by atoms with Gasteiger partial charge in [-0.25, -0.2) is 4.98 Å². The number of anilines is 1. The van der Waals surface area contributed by atoms with E-state index in [0.29, 0.717) is 5.82 Å². The van der Waals surface area contributed by atoms with Crippen LogP contribution >= 0.6 is 38.5 Å². The van der Waals surface area contributed by atoms with E-state index in [4.69, 9.17) is 5.73 Å². The molecule has 0 bridgehead atoms. The van der Waals surface area contributed by atoms with E-state index in [0.717, 1.165) is 25.8 Å². The third-order valence-corrected chi connectivity index (χ3v) is 4.27. The maximum Gasteiger partial charge on any atom is 0.172 e. The van der Waals surface area contributed by atoms with Crippen molar-refractivity contribution in [1.82, 2.24) is 14.6 Å². The zero-order chi connectivity index (χ0) is 13.4. The Morgan fingerprint density at radius 1 is 1.32 bits per heavy atom. The number of nitrogens with zero attached hydrogens (tertiary/aromatic N) is 3. The molecule has 0 spiro atoms. The normalized spacial score (nSPS) is 11.1. The first kappa shape index (κ1) is 12.9. The Kier molecular flexibility index (Phi) is 3.44. The van der Waals surface area contributed by atoms with Gasteiger partial charge in [-0.1, -0.05) is 46.9 Å². The number of alkyl halides is 1. The lowest BCUT2D eigenvalue weighted by molar-refractivity contribution is 0.953. The minimum absolute atomic E-state index is 0.578. The average molecular weight is 429 g/mol. The van der Waals surface area contributed by atoms with E-state index in [1.54, 1.807) is 10.7 Å². The minimum atomic E-state index is 0.578. The molecule has 6 heteroatoms. The Balaban J connectivity index is 2.28. The maximum absolute atomic E-state index is 6.04. The summed E-state index contributed by atoms with van der Waals surface area (Å²) in [5.74, 6) is 0.578. The van der Waals surface area contributed by atoms with Gasteiger partial charge >= 0.3 is 0 Å². The van der Waals surface area contributed by atoms with Crippen LogP contribution in [0.15, 0.2) is 41.0 Å². The fourth-order valence-electron chi connectivity index (χ4n) is 1.98. The lowest BCUT2D eigenvalue weighted by Gasteiger charge is -2.08. The zero-order valence-corrected chi connectivity index (χ0v) is 13.6. The second kappa shape index (κ2) is 5.09. The van der Waals surface area contributed by atoms with Crippen LogP contribution < -0.4 is 5.73 Å². The number of hydrogen-bond donors (Lipinski definition) is 1. The van der Waals surface area contributed by atoms with Gasteiger partial charge in [-0.15, -0.1) is 0 Å². The Hall–Kier alpha value is -1.15. The summed E-state index contributed by atoms with van der Waals surface area (Å²) in [7, 11) is 0. The van der Waals surface area contributed by atoms with Gasteiger partial charge in [0.2, 0.25) is 0 Å². The average Bonchev–Trinajstić information content (AvgIpc) is 2.81. The van der Waals surface area contributed by atoms with Gasteiger partial charge in [0, 0.05) is 16.1 Å². The number of nitrogens with two attached hydrogens (primary N) is 1. The van der Waals surface area contributed by atoms with Crippen LogP contribution in [0, 0.1) is 0 Å². The number of rotatable bonds is 2. The molecule has 0 saturated heterocycles. The van der Waals surface area contributed by atoms with Gasteiger partial charge in [0.1, 0.15) is 5.82 Å². The van der Waals surface area contributed by atoms with Crippen molar-refractivity contribution in [3.05, 3.63) is 46.6 Å². The molecule has 0 saturated carbocycles. The summed E-state index contributed by atoms with van der Waals surface area (Å²) < 4.78 is 3.40. The fourth-order valence-corrected chi connectivity index (χ4v) is 3.00. The molecule has 0 radical (unpaired) electrons. The van der Waals surface area contributed by atoms with Crippen molar-refractivity contribution in [1.29, 1.82) is 0 Å². The second-order valence-corrected chi connectivity index (χ2v) is 5.70. The van der Waals surface area contributed by atoms with Crippen molar-refractivity contribution in [3.63, 3.8) is 0 Å². The van der Waals surface area contributed by atoms with Crippen molar-refractivity contribution >= 4 is 50.0 Å². The van der Waals surface area contributed by atoms with Crippen LogP contribution in [0.2, 0.25) is 0 Å². The molecule has 19 heavy (non-hydrogen) atoms. The Bertz CT molecular complexity index is 753. The van der Waals surface area contributed by atoms with Gasteiger partial charge in [0.05, 0.1) is 16.4 Å². The molecule has 0 atom stereocenters. The number of benzene rings is 1. The third kappa shape index (κ3) is 2.23.